The van der Waals surface area contributed by atoms with E-state index in [1.807, 2.05) is 19.1 Å². The second-order valence-electron chi connectivity index (χ2n) is 4.64. The van der Waals surface area contributed by atoms with Crippen molar-refractivity contribution < 1.29 is 14.3 Å². The molecule has 22 heavy (non-hydrogen) atoms. The second kappa shape index (κ2) is 6.87. The average Bonchev–Trinajstić information content (AvgIpc) is 2.94. The topological polar surface area (TPSA) is 79.2 Å². The van der Waals surface area contributed by atoms with E-state index in [9.17, 15) is 9.59 Å². The predicted molar refractivity (Wildman–Crippen MR) is 83.7 cm³/mol. The number of nitrogens with one attached hydrogen (secondary N) is 1. The SMILES string of the molecule is Cc1ccc(C(=O)O[C@H](C)C(=O)Nc2ccc(C#N)cc2)s1. The Labute approximate surface area is 132 Å². The fourth-order valence-electron chi connectivity index (χ4n) is 1.69. The largest absolute Gasteiger partial charge is 0.448 e. The van der Waals surface area contributed by atoms with Gasteiger partial charge in [0, 0.05) is 10.6 Å². The maximum Gasteiger partial charge on any atom is 0.349 e. The van der Waals surface area contributed by atoms with Crippen LogP contribution in [0.2, 0.25) is 0 Å². The van der Waals surface area contributed by atoms with Gasteiger partial charge >= 0.3 is 5.97 Å². The fourth-order valence-corrected chi connectivity index (χ4v) is 2.44. The third-order valence-corrected chi connectivity index (χ3v) is 3.86. The van der Waals surface area contributed by atoms with E-state index >= 15 is 0 Å². The van der Waals surface area contributed by atoms with Gasteiger partial charge in [-0.05, 0) is 50.2 Å². The molecule has 0 spiro atoms. The molecule has 0 radical (unpaired) electrons. The Kier molecular flexibility index (Phi) is 4.92. The van der Waals surface area contributed by atoms with E-state index in [0.29, 0.717) is 16.1 Å². The summed E-state index contributed by atoms with van der Waals surface area (Å²) in [5, 5.41) is 11.3. The number of benzene rings is 1. The van der Waals surface area contributed by atoms with Crippen molar-refractivity contribution in [1.29, 1.82) is 5.26 Å². The zero-order valence-electron chi connectivity index (χ0n) is 12.1. The lowest BCUT2D eigenvalue weighted by Crippen LogP contribution is -2.29. The first-order chi connectivity index (χ1) is 10.5. The van der Waals surface area contributed by atoms with Crippen LogP contribution in [0.25, 0.3) is 0 Å². The molecule has 6 heteroatoms. The molecule has 0 aliphatic carbocycles. The number of ether oxygens (including phenoxy) is 1. The summed E-state index contributed by atoms with van der Waals surface area (Å²) in [5.41, 5.74) is 1.05. The third kappa shape index (κ3) is 3.93. The van der Waals surface area contributed by atoms with Gasteiger partial charge < -0.3 is 10.1 Å². The van der Waals surface area contributed by atoms with E-state index in [1.54, 1.807) is 30.3 Å². The molecular weight excluding hydrogens is 300 g/mol. The summed E-state index contributed by atoms with van der Waals surface area (Å²) in [6.45, 7) is 3.40. The number of nitriles is 1. The van der Waals surface area contributed by atoms with E-state index in [4.69, 9.17) is 10.00 Å². The maximum atomic E-state index is 12.0. The number of amides is 1. The predicted octanol–water partition coefficient (Wildman–Crippen LogP) is 3.11. The van der Waals surface area contributed by atoms with Crippen LogP contribution in [0.4, 0.5) is 5.69 Å². The first-order valence-electron chi connectivity index (χ1n) is 6.58. The molecule has 112 valence electrons. The smallest absolute Gasteiger partial charge is 0.349 e. The van der Waals surface area contributed by atoms with Gasteiger partial charge in [-0.3, -0.25) is 4.79 Å². The lowest BCUT2D eigenvalue weighted by molar-refractivity contribution is -0.123. The third-order valence-electron chi connectivity index (χ3n) is 2.88. The van der Waals surface area contributed by atoms with Gasteiger partial charge in [-0.15, -0.1) is 11.3 Å². The van der Waals surface area contributed by atoms with Crippen LogP contribution in [-0.4, -0.2) is 18.0 Å². The van der Waals surface area contributed by atoms with Gasteiger partial charge in [0.1, 0.15) is 4.88 Å². The summed E-state index contributed by atoms with van der Waals surface area (Å²) >= 11 is 1.32. The van der Waals surface area contributed by atoms with Crippen LogP contribution >= 0.6 is 11.3 Å². The molecule has 1 N–H and O–H groups in total. The summed E-state index contributed by atoms with van der Waals surface area (Å²) in [6, 6.07) is 11.9. The summed E-state index contributed by atoms with van der Waals surface area (Å²) in [6.07, 6.45) is -0.912. The number of aryl methyl sites for hydroxylation is 1. The van der Waals surface area contributed by atoms with Crippen molar-refractivity contribution in [2.45, 2.75) is 20.0 Å². The van der Waals surface area contributed by atoms with E-state index < -0.39 is 18.0 Å². The second-order valence-corrected chi connectivity index (χ2v) is 5.92. The first kappa shape index (κ1) is 15.7. The van der Waals surface area contributed by atoms with Crippen LogP contribution in [0.1, 0.15) is 27.0 Å². The normalized spacial score (nSPS) is 11.3. The quantitative estimate of drug-likeness (QED) is 0.879. The number of hydrogen-bond acceptors (Lipinski definition) is 5. The lowest BCUT2D eigenvalue weighted by Gasteiger charge is -2.13. The van der Waals surface area contributed by atoms with Crippen LogP contribution in [0.15, 0.2) is 36.4 Å². The van der Waals surface area contributed by atoms with E-state index in [1.165, 1.54) is 18.3 Å². The fraction of sp³-hybridized carbons (Fsp3) is 0.188. The first-order valence-corrected chi connectivity index (χ1v) is 7.39. The van der Waals surface area contributed by atoms with Crippen molar-refractivity contribution in [3.63, 3.8) is 0 Å². The highest BCUT2D eigenvalue weighted by Crippen LogP contribution is 2.17. The maximum absolute atomic E-state index is 12.0. The van der Waals surface area contributed by atoms with Crippen LogP contribution in [-0.2, 0) is 9.53 Å². The Morgan fingerprint density at radius 2 is 1.91 bits per heavy atom. The molecule has 2 rings (SSSR count). The Bertz CT molecular complexity index is 729. The van der Waals surface area contributed by atoms with Crippen molar-refractivity contribution in [3.8, 4) is 6.07 Å². The number of anilines is 1. The molecule has 1 amide bonds. The zero-order chi connectivity index (χ0) is 16.1. The monoisotopic (exact) mass is 314 g/mol. The highest BCUT2D eigenvalue weighted by atomic mass is 32.1. The summed E-state index contributed by atoms with van der Waals surface area (Å²) in [7, 11) is 0. The minimum atomic E-state index is -0.912. The highest BCUT2D eigenvalue weighted by Gasteiger charge is 2.19. The lowest BCUT2D eigenvalue weighted by atomic mass is 10.2. The molecule has 1 heterocycles. The van der Waals surface area contributed by atoms with E-state index in [0.717, 1.165) is 4.88 Å². The number of rotatable bonds is 4. The van der Waals surface area contributed by atoms with Gasteiger partial charge in [-0.2, -0.15) is 5.26 Å². The van der Waals surface area contributed by atoms with Crippen molar-refractivity contribution >= 4 is 28.9 Å². The van der Waals surface area contributed by atoms with E-state index in [2.05, 4.69) is 5.32 Å². The molecule has 0 saturated carbocycles. The number of carbonyl (C=O) groups is 2. The molecule has 0 unspecified atom stereocenters. The van der Waals surface area contributed by atoms with Crippen molar-refractivity contribution in [2.75, 3.05) is 5.32 Å². The van der Waals surface area contributed by atoms with Gasteiger partial charge in [0.05, 0.1) is 11.6 Å². The van der Waals surface area contributed by atoms with Gasteiger partial charge in [-0.1, -0.05) is 0 Å². The van der Waals surface area contributed by atoms with Gasteiger partial charge in [0.25, 0.3) is 5.91 Å². The Morgan fingerprint density at radius 1 is 1.23 bits per heavy atom. The zero-order valence-corrected chi connectivity index (χ0v) is 12.9. The molecule has 0 fully saturated rings. The molecule has 0 aliphatic heterocycles. The molecule has 2 aromatic rings. The Hall–Kier alpha value is -2.65. The average molecular weight is 314 g/mol. The molecule has 0 bridgehead atoms. The minimum absolute atomic E-state index is 0.425. The van der Waals surface area contributed by atoms with Crippen LogP contribution in [0.5, 0.6) is 0 Å². The minimum Gasteiger partial charge on any atom is -0.448 e. The summed E-state index contributed by atoms with van der Waals surface area (Å²) in [5.74, 6) is -0.938. The van der Waals surface area contributed by atoms with Gasteiger partial charge in [-0.25, -0.2) is 4.79 Å². The molecule has 0 aliphatic rings. The number of hydrogen-bond donors (Lipinski definition) is 1. The van der Waals surface area contributed by atoms with Crippen LogP contribution in [0.3, 0.4) is 0 Å². The van der Waals surface area contributed by atoms with Crippen LogP contribution in [0, 0.1) is 18.3 Å². The van der Waals surface area contributed by atoms with Crippen molar-refractivity contribution in [2.24, 2.45) is 0 Å². The van der Waals surface area contributed by atoms with Crippen molar-refractivity contribution in [1.82, 2.24) is 0 Å². The summed E-state index contributed by atoms with van der Waals surface area (Å²) < 4.78 is 5.14. The summed E-state index contributed by atoms with van der Waals surface area (Å²) in [4.78, 5) is 25.3. The standard InChI is InChI=1S/C16H14N2O3S/c1-10-3-8-14(22-10)16(20)21-11(2)15(19)18-13-6-4-12(9-17)5-7-13/h3-8,11H,1-2H3,(H,18,19)/t11-/m1/s1. The van der Waals surface area contributed by atoms with E-state index in [-0.39, 0.29) is 0 Å². The number of nitrogens with zero attached hydrogens (tertiary/aromatic N) is 1. The van der Waals surface area contributed by atoms with Gasteiger partial charge in [0.2, 0.25) is 0 Å². The molecule has 0 saturated heterocycles. The molecular formula is C16H14N2O3S. The Balaban J connectivity index is 1.94. The molecule has 1 atom stereocenters. The number of esters is 1. The molecule has 5 nitrogen and oxygen atoms in total. The van der Waals surface area contributed by atoms with Crippen molar-refractivity contribution in [3.05, 3.63) is 51.7 Å². The number of thiophene rings is 1. The van der Waals surface area contributed by atoms with Crippen LogP contribution < -0.4 is 5.32 Å². The number of carbonyl (C=O) groups excluding carboxylic acids is 2. The highest BCUT2D eigenvalue weighted by molar-refractivity contribution is 7.13. The molecule has 1 aromatic carbocycles. The Morgan fingerprint density at radius 3 is 2.45 bits per heavy atom. The van der Waals surface area contributed by atoms with Gasteiger partial charge in [0.15, 0.2) is 6.10 Å². The molecule has 1 aromatic heterocycles.